The van der Waals surface area contributed by atoms with Crippen LogP contribution in [-0.2, 0) is 27.2 Å². The van der Waals surface area contributed by atoms with Gasteiger partial charge in [0.15, 0.2) is 5.82 Å². The Kier molecular flexibility index (Phi) is 8.99. The molecule has 0 saturated carbocycles. The number of nitrogens with zero attached hydrogens (tertiary/aromatic N) is 5. The van der Waals surface area contributed by atoms with Gasteiger partial charge in [0.05, 0.1) is 37.5 Å². The van der Waals surface area contributed by atoms with E-state index >= 15 is 0 Å². The van der Waals surface area contributed by atoms with E-state index in [1.165, 1.54) is 6.20 Å². The van der Waals surface area contributed by atoms with Crippen LogP contribution in [0, 0.1) is 0 Å². The van der Waals surface area contributed by atoms with Crippen LogP contribution in [0.3, 0.4) is 0 Å². The number of aromatic nitrogens is 3. The summed E-state index contributed by atoms with van der Waals surface area (Å²) >= 11 is 6.37. The van der Waals surface area contributed by atoms with Crippen LogP contribution in [0.5, 0.6) is 0 Å². The molecule has 1 saturated heterocycles. The lowest BCUT2D eigenvalue weighted by molar-refractivity contribution is -0.128. The summed E-state index contributed by atoms with van der Waals surface area (Å²) in [7, 11) is 1.55. The van der Waals surface area contributed by atoms with Gasteiger partial charge in [-0.2, -0.15) is 4.98 Å². The number of halogens is 1. The average Bonchev–Trinajstić information content (AvgIpc) is 2.99. The highest BCUT2D eigenvalue weighted by Crippen LogP contribution is 2.29. The lowest BCUT2D eigenvalue weighted by Gasteiger charge is -2.34. The number of allylic oxidation sites excluding steroid dienone is 1. The minimum absolute atomic E-state index is 0.117. The first-order valence-corrected chi connectivity index (χ1v) is 14.0. The fraction of sp³-hybridized carbons (Fsp3) is 0.300. The Morgan fingerprint density at radius 1 is 1.10 bits per heavy atom. The summed E-state index contributed by atoms with van der Waals surface area (Å²) in [6, 6.07) is 7.76. The highest BCUT2D eigenvalue weighted by Gasteiger charge is 2.24. The molecule has 2 aromatic heterocycles. The van der Waals surface area contributed by atoms with Crippen LogP contribution in [0.4, 0.5) is 28.8 Å². The monoisotopic (exact) mass is 588 g/mol. The molecule has 218 valence electrons. The number of aryl methyl sites for hydroxylation is 2. The number of hydrogen-bond acceptors (Lipinski definition) is 9. The Morgan fingerprint density at radius 2 is 1.90 bits per heavy atom. The highest BCUT2D eigenvalue weighted by molar-refractivity contribution is 6.32. The number of rotatable bonds is 6. The first-order valence-electron chi connectivity index (χ1n) is 13.6. The number of carbonyl (C=O) groups is 2. The van der Waals surface area contributed by atoms with Crippen LogP contribution < -0.4 is 16.0 Å². The van der Waals surface area contributed by atoms with Crippen LogP contribution in [0.25, 0.3) is 0 Å². The van der Waals surface area contributed by atoms with Crippen molar-refractivity contribution in [2.45, 2.75) is 19.8 Å². The fourth-order valence-corrected chi connectivity index (χ4v) is 4.96. The van der Waals surface area contributed by atoms with Gasteiger partial charge in [0, 0.05) is 49.3 Å². The molecule has 1 fully saturated rings. The van der Waals surface area contributed by atoms with Crippen molar-refractivity contribution in [1.82, 2.24) is 24.8 Å². The first kappa shape index (κ1) is 29.0. The standard InChI is InChI=1S/C30H33ClN8O3/c1-19(12-20(2)42-3)29(41)39-10-8-38(9-11-39)18-27(40)36-26-7-6-23-14-22(26)5-4-21-13-24(16-32-15-21)35-30-33-17-25(31)28(34-23)37-30/h6-7,12-17H,1,4-5,8-11,18H2,2-3H3,(H,36,40)(H2,33,34,35,37)/b20-12-. The quantitative estimate of drug-likeness (QED) is 0.220. The maximum Gasteiger partial charge on any atom is 0.253 e. The number of fused-ring (bicyclic) bond motifs is 6. The molecule has 3 aromatic rings. The van der Waals surface area contributed by atoms with Crippen LogP contribution in [0.1, 0.15) is 18.1 Å². The van der Waals surface area contributed by atoms with Gasteiger partial charge in [-0.15, -0.1) is 0 Å². The molecule has 6 bridgehead atoms. The normalized spacial score (nSPS) is 15.2. The average molecular weight is 589 g/mol. The van der Waals surface area contributed by atoms with E-state index in [0.29, 0.717) is 67.1 Å². The molecule has 0 unspecified atom stereocenters. The zero-order chi connectivity index (χ0) is 29.6. The van der Waals surface area contributed by atoms with Crippen molar-refractivity contribution < 1.29 is 14.3 Å². The Labute approximate surface area is 249 Å². The van der Waals surface area contributed by atoms with E-state index in [1.807, 2.05) is 35.4 Å². The zero-order valence-corrected chi connectivity index (χ0v) is 24.4. The van der Waals surface area contributed by atoms with Crippen molar-refractivity contribution in [2.24, 2.45) is 0 Å². The predicted octanol–water partition coefficient (Wildman–Crippen LogP) is 4.30. The largest absolute Gasteiger partial charge is 0.501 e. The van der Waals surface area contributed by atoms with E-state index in [9.17, 15) is 9.59 Å². The topological polar surface area (TPSA) is 125 Å². The van der Waals surface area contributed by atoms with E-state index in [4.69, 9.17) is 16.3 Å². The second-order valence-corrected chi connectivity index (χ2v) is 10.6. The third kappa shape index (κ3) is 7.23. The summed E-state index contributed by atoms with van der Waals surface area (Å²) in [5.41, 5.74) is 4.68. The molecular formula is C30H33ClN8O3. The molecular weight excluding hydrogens is 556 g/mol. The molecule has 2 aliphatic heterocycles. The van der Waals surface area contributed by atoms with E-state index in [2.05, 4.69) is 37.5 Å². The number of nitrogens with one attached hydrogen (secondary N) is 3. The molecule has 0 spiro atoms. The smallest absolute Gasteiger partial charge is 0.253 e. The fourth-order valence-electron chi connectivity index (χ4n) is 4.82. The molecule has 0 atom stereocenters. The number of carbonyl (C=O) groups excluding carboxylic acids is 2. The Bertz CT molecular complexity index is 1530. The molecule has 1 aromatic carbocycles. The van der Waals surface area contributed by atoms with Gasteiger partial charge in [0.25, 0.3) is 5.91 Å². The number of hydrogen-bond donors (Lipinski definition) is 3. The Balaban J connectivity index is 1.26. The summed E-state index contributed by atoms with van der Waals surface area (Å²) in [6.45, 7) is 8.09. The Morgan fingerprint density at radius 3 is 2.69 bits per heavy atom. The lowest BCUT2D eigenvalue weighted by Crippen LogP contribution is -2.50. The van der Waals surface area contributed by atoms with Gasteiger partial charge in [0.1, 0.15) is 5.02 Å². The van der Waals surface area contributed by atoms with Gasteiger partial charge < -0.3 is 25.6 Å². The number of pyridine rings is 1. The van der Waals surface area contributed by atoms with Crippen molar-refractivity contribution in [1.29, 1.82) is 0 Å². The molecule has 2 aliphatic rings. The van der Waals surface area contributed by atoms with Crippen molar-refractivity contribution in [3.8, 4) is 0 Å². The van der Waals surface area contributed by atoms with Crippen LogP contribution >= 0.6 is 11.6 Å². The zero-order valence-electron chi connectivity index (χ0n) is 23.6. The van der Waals surface area contributed by atoms with Gasteiger partial charge in [-0.1, -0.05) is 18.2 Å². The number of ether oxygens (including phenoxy) is 1. The molecule has 0 radical (unpaired) electrons. The summed E-state index contributed by atoms with van der Waals surface area (Å²) in [5, 5.41) is 9.93. The highest BCUT2D eigenvalue weighted by atomic mass is 35.5. The molecule has 5 rings (SSSR count). The molecule has 4 heterocycles. The third-order valence-electron chi connectivity index (χ3n) is 7.12. The summed E-state index contributed by atoms with van der Waals surface area (Å²) in [4.78, 5) is 42.8. The second-order valence-electron chi connectivity index (χ2n) is 10.2. The van der Waals surface area contributed by atoms with E-state index in [-0.39, 0.29) is 18.4 Å². The first-order chi connectivity index (χ1) is 20.3. The van der Waals surface area contributed by atoms with E-state index in [0.717, 1.165) is 28.2 Å². The molecule has 2 amide bonds. The number of piperazine rings is 1. The van der Waals surface area contributed by atoms with Crippen molar-refractivity contribution in [3.05, 3.63) is 83.0 Å². The van der Waals surface area contributed by atoms with Crippen LogP contribution in [0.2, 0.25) is 5.02 Å². The van der Waals surface area contributed by atoms with Gasteiger partial charge in [0.2, 0.25) is 11.9 Å². The maximum atomic E-state index is 13.1. The summed E-state index contributed by atoms with van der Waals surface area (Å²) in [5.74, 6) is 1.25. The number of anilines is 5. The minimum atomic E-state index is -0.125. The lowest BCUT2D eigenvalue weighted by atomic mass is 10.0. The van der Waals surface area contributed by atoms with E-state index in [1.54, 1.807) is 31.2 Å². The van der Waals surface area contributed by atoms with Crippen molar-refractivity contribution in [3.63, 3.8) is 0 Å². The number of benzene rings is 1. The summed E-state index contributed by atoms with van der Waals surface area (Å²) < 4.78 is 5.12. The van der Waals surface area contributed by atoms with Gasteiger partial charge >= 0.3 is 0 Å². The van der Waals surface area contributed by atoms with Crippen LogP contribution in [-0.4, -0.2) is 76.4 Å². The van der Waals surface area contributed by atoms with Gasteiger partial charge in [-0.05, 0) is 61.2 Å². The number of amides is 2. The second kappa shape index (κ2) is 13.0. The number of methoxy groups -OCH3 is 1. The van der Waals surface area contributed by atoms with Crippen molar-refractivity contribution in [2.75, 3.05) is 55.8 Å². The van der Waals surface area contributed by atoms with Gasteiger partial charge in [-0.25, -0.2) is 4.98 Å². The van der Waals surface area contributed by atoms with Crippen LogP contribution in [0.15, 0.2) is 66.8 Å². The van der Waals surface area contributed by atoms with Crippen molar-refractivity contribution >= 4 is 52.2 Å². The molecule has 12 heteroatoms. The molecule has 42 heavy (non-hydrogen) atoms. The molecule has 3 N–H and O–H groups in total. The van der Waals surface area contributed by atoms with Gasteiger partial charge in [-0.3, -0.25) is 19.5 Å². The molecule has 11 nitrogen and oxygen atoms in total. The minimum Gasteiger partial charge on any atom is -0.501 e. The summed E-state index contributed by atoms with van der Waals surface area (Å²) in [6.07, 6.45) is 8.11. The molecule has 0 aliphatic carbocycles. The third-order valence-corrected chi connectivity index (χ3v) is 7.40. The SMILES string of the molecule is C=C(/C=C(/C)OC)C(=O)N1CCN(CC(=O)Nc2ccc3cc2CCc2cncc(c2)Nc2ncc(Cl)c(n2)N3)CC1. The maximum absolute atomic E-state index is 13.1. The Hall–Kier alpha value is -4.48. The van der Waals surface area contributed by atoms with E-state index < -0.39 is 0 Å². The predicted molar refractivity (Wildman–Crippen MR) is 163 cm³/mol.